The maximum Gasteiger partial charge on any atom is 0.306 e. The van der Waals surface area contributed by atoms with E-state index in [0.29, 0.717) is 48.2 Å². The summed E-state index contributed by atoms with van der Waals surface area (Å²) in [4.78, 5) is 25.8. The number of carbonyl (C=O) groups is 2. The molecule has 4 aliphatic rings. The van der Waals surface area contributed by atoms with Crippen molar-refractivity contribution >= 4 is 11.8 Å². The third kappa shape index (κ3) is 4.18. The Morgan fingerprint density at radius 2 is 1.75 bits per heavy atom. The Morgan fingerprint density at radius 3 is 2.44 bits per heavy atom. The molecule has 182 valence electrons. The molecule has 0 spiro atoms. The van der Waals surface area contributed by atoms with Crippen LogP contribution in [0.1, 0.15) is 106 Å². The lowest BCUT2D eigenvalue weighted by atomic mass is 9.44. The van der Waals surface area contributed by atoms with Crippen LogP contribution in [0, 0.1) is 46.3 Å². The van der Waals surface area contributed by atoms with Crippen LogP contribution in [-0.4, -0.2) is 28.6 Å². The average molecular weight is 447 g/mol. The number of aliphatic hydroxyl groups excluding tert-OH is 1. The van der Waals surface area contributed by atoms with Gasteiger partial charge in [0.25, 0.3) is 0 Å². The number of rotatable bonds is 4. The Balaban J connectivity index is 1.46. The molecule has 0 radical (unpaired) electrons. The van der Waals surface area contributed by atoms with Gasteiger partial charge in [-0.1, -0.05) is 20.8 Å². The number of carbonyl (C=O) groups excluding carboxylic acids is 2. The minimum atomic E-state index is -0.423. The third-order valence-electron chi connectivity index (χ3n) is 10.4. The second-order valence-electron chi connectivity index (χ2n) is 13.4. The van der Waals surface area contributed by atoms with Gasteiger partial charge in [0.05, 0.1) is 6.10 Å². The first-order valence-electron chi connectivity index (χ1n) is 13.3. The highest BCUT2D eigenvalue weighted by Crippen LogP contribution is 2.67. The largest absolute Gasteiger partial charge is 0.460 e. The summed E-state index contributed by atoms with van der Waals surface area (Å²) in [6.45, 7) is 13.0. The summed E-state index contributed by atoms with van der Waals surface area (Å²) in [5.41, 5.74) is 0.00865. The van der Waals surface area contributed by atoms with Crippen LogP contribution in [-0.2, 0) is 14.3 Å². The van der Waals surface area contributed by atoms with Gasteiger partial charge in [0.1, 0.15) is 11.4 Å². The van der Waals surface area contributed by atoms with E-state index in [1.165, 1.54) is 12.8 Å². The lowest BCUT2D eigenvalue weighted by Crippen LogP contribution is -2.57. The van der Waals surface area contributed by atoms with Crippen molar-refractivity contribution in [1.82, 2.24) is 0 Å². The number of aliphatic hydroxyl groups is 1. The summed E-state index contributed by atoms with van der Waals surface area (Å²) in [5, 5.41) is 10.2. The normalized spacial score (nSPS) is 44.9. The highest BCUT2D eigenvalue weighted by molar-refractivity contribution is 5.83. The molecule has 0 unspecified atom stereocenters. The predicted octanol–water partition coefficient (Wildman–Crippen LogP) is 5.94. The fourth-order valence-corrected chi connectivity index (χ4v) is 8.82. The van der Waals surface area contributed by atoms with Crippen molar-refractivity contribution in [2.24, 2.45) is 46.3 Å². The smallest absolute Gasteiger partial charge is 0.306 e. The fraction of sp³-hybridized carbons (Fsp3) is 0.929. The van der Waals surface area contributed by atoms with Crippen molar-refractivity contribution in [2.75, 3.05) is 0 Å². The van der Waals surface area contributed by atoms with Gasteiger partial charge in [-0.3, -0.25) is 9.59 Å². The molecule has 4 nitrogen and oxygen atoms in total. The third-order valence-corrected chi connectivity index (χ3v) is 10.4. The number of hydrogen-bond donors (Lipinski definition) is 1. The number of esters is 1. The van der Waals surface area contributed by atoms with E-state index < -0.39 is 5.60 Å². The molecule has 4 heteroatoms. The van der Waals surface area contributed by atoms with Gasteiger partial charge in [-0.05, 0) is 113 Å². The maximum absolute atomic E-state index is 13.5. The number of ketones is 1. The van der Waals surface area contributed by atoms with Crippen LogP contribution in [0.3, 0.4) is 0 Å². The summed E-state index contributed by atoms with van der Waals surface area (Å²) in [6.07, 6.45) is 9.33. The predicted molar refractivity (Wildman–Crippen MR) is 126 cm³/mol. The van der Waals surface area contributed by atoms with Crippen molar-refractivity contribution in [1.29, 1.82) is 0 Å². The van der Waals surface area contributed by atoms with Gasteiger partial charge in [0, 0.05) is 18.8 Å². The second-order valence-corrected chi connectivity index (χ2v) is 13.4. The van der Waals surface area contributed by atoms with Crippen molar-refractivity contribution < 1.29 is 19.4 Å². The lowest BCUT2D eigenvalue weighted by molar-refractivity contribution is -0.160. The van der Waals surface area contributed by atoms with E-state index in [1.54, 1.807) is 0 Å². The molecular weight excluding hydrogens is 400 g/mol. The maximum atomic E-state index is 13.5. The van der Waals surface area contributed by atoms with Crippen LogP contribution in [0.2, 0.25) is 0 Å². The van der Waals surface area contributed by atoms with Crippen molar-refractivity contribution in [3.63, 3.8) is 0 Å². The molecule has 4 aliphatic carbocycles. The molecule has 1 N–H and O–H groups in total. The summed E-state index contributed by atoms with van der Waals surface area (Å²) in [5.74, 6) is 3.03. The Kier molecular flexibility index (Phi) is 6.36. The van der Waals surface area contributed by atoms with E-state index in [2.05, 4.69) is 20.8 Å². The van der Waals surface area contributed by atoms with Crippen molar-refractivity contribution in [2.45, 2.75) is 117 Å². The van der Waals surface area contributed by atoms with E-state index in [4.69, 9.17) is 4.74 Å². The summed E-state index contributed by atoms with van der Waals surface area (Å²) >= 11 is 0. The van der Waals surface area contributed by atoms with Crippen LogP contribution in [0.4, 0.5) is 0 Å². The SMILES string of the molecule is C[C@H](CCC(=O)OC(C)(C)C)[C@H]1CC[C@H]2[C@@H]3C(=O)C[C@@H]4C[C@H](O)CC[C@]4(C)[C@H]3CC[C@]12C. The quantitative estimate of drug-likeness (QED) is 0.543. The molecule has 0 aromatic rings. The average Bonchev–Trinajstić information content (AvgIpc) is 3.03. The molecule has 4 rings (SSSR count). The van der Waals surface area contributed by atoms with E-state index in [-0.39, 0.29) is 28.8 Å². The number of Topliss-reactive ketones (excluding diaryl/α,β-unsaturated/α-hetero) is 1. The molecule has 0 bridgehead atoms. The Bertz CT molecular complexity index is 738. The van der Waals surface area contributed by atoms with E-state index >= 15 is 0 Å². The Morgan fingerprint density at radius 1 is 1.09 bits per heavy atom. The van der Waals surface area contributed by atoms with E-state index in [1.807, 2.05) is 20.8 Å². The van der Waals surface area contributed by atoms with Crippen LogP contribution in [0.15, 0.2) is 0 Å². The molecule has 9 atom stereocenters. The first-order valence-corrected chi connectivity index (χ1v) is 13.3. The first kappa shape index (κ1) is 24.2. The van der Waals surface area contributed by atoms with Crippen LogP contribution in [0.5, 0.6) is 0 Å². The minimum Gasteiger partial charge on any atom is -0.460 e. The highest BCUT2D eigenvalue weighted by atomic mass is 16.6. The fourth-order valence-electron chi connectivity index (χ4n) is 8.82. The topological polar surface area (TPSA) is 63.6 Å². The van der Waals surface area contributed by atoms with Crippen LogP contribution in [0.25, 0.3) is 0 Å². The number of ether oxygens (including phenoxy) is 1. The summed E-state index contributed by atoms with van der Waals surface area (Å²) in [6, 6.07) is 0. The molecule has 0 heterocycles. The second kappa shape index (κ2) is 8.40. The van der Waals surface area contributed by atoms with Crippen molar-refractivity contribution in [3.05, 3.63) is 0 Å². The molecule has 0 aliphatic heterocycles. The zero-order valence-electron chi connectivity index (χ0n) is 21.3. The van der Waals surface area contributed by atoms with Crippen LogP contribution >= 0.6 is 0 Å². The highest BCUT2D eigenvalue weighted by Gasteiger charge is 2.63. The zero-order chi connectivity index (χ0) is 23.5. The molecular formula is C28H46O4. The van der Waals surface area contributed by atoms with E-state index in [9.17, 15) is 14.7 Å². The van der Waals surface area contributed by atoms with Gasteiger partial charge < -0.3 is 9.84 Å². The van der Waals surface area contributed by atoms with Crippen LogP contribution < -0.4 is 0 Å². The number of fused-ring (bicyclic) bond motifs is 5. The van der Waals surface area contributed by atoms with Gasteiger partial charge >= 0.3 is 5.97 Å². The minimum absolute atomic E-state index is 0.0892. The van der Waals surface area contributed by atoms with Gasteiger partial charge in [-0.2, -0.15) is 0 Å². The summed E-state index contributed by atoms with van der Waals surface area (Å²) in [7, 11) is 0. The van der Waals surface area contributed by atoms with Crippen molar-refractivity contribution in [3.8, 4) is 0 Å². The molecule has 32 heavy (non-hydrogen) atoms. The first-order chi connectivity index (χ1) is 14.8. The standard InChI is InChI=1S/C28H46O4/c1-17(7-10-24(31)32-26(2,3)4)20-8-9-21-25-22(12-14-28(20,21)6)27(5)13-11-19(29)15-18(27)16-23(25)30/h17-22,25,29H,7-16H2,1-6H3/t17-,18+,19-,20-,21+,22+,25+,27+,28-/m1/s1. The monoisotopic (exact) mass is 446 g/mol. The number of hydrogen-bond acceptors (Lipinski definition) is 4. The zero-order valence-corrected chi connectivity index (χ0v) is 21.3. The molecule has 0 aromatic heterocycles. The molecule has 0 aromatic carbocycles. The molecule has 0 amide bonds. The summed E-state index contributed by atoms with van der Waals surface area (Å²) < 4.78 is 5.53. The van der Waals surface area contributed by atoms with E-state index in [0.717, 1.165) is 38.5 Å². The lowest BCUT2D eigenvalue weighted by Gasteiger charge is -2.60. The molecule has 0 saturated heterocycles. The van der Waals surface area contributed by atoms with Gasteiger partial charge in [0.15, 0.2) is 0 Å². The molecule has 4 fully saturated rings. The Labute approximate surface area is 195 Å². The Hall–Kier alpha value is -0.900. The van der Waals surface area contributed by atoms with Gasteiger partial charge in [-0.15, -0.1) is 0 Å². The van der Waals surface area contributed by atoms with Gasteiger partial charge in [-0.25, -0.2) is 0 Å². The molecule has 4 saturated carbocycles. The van der Waals surface area contributed by atoms with Gasteiger partial charge in [0.2, 0.25) is 0 Å².